The van der Waals surface area contributed by atoms with Gasteiger partial charge in [-0.3, -0.25) is 0 Å². The number of hydrogen-bond donors (Lipinski definition) is 0. The highest BCUT2D eigenvalue weighted by molar-refractivity contribution is 14.1. The molecule has 0 fully saturated rings. The van der Waals surface area contributed by atoms with Crippen molar-refractivity contribution in [2.45, 2.75) is 0 Å². The van der Waals surface area contributed by atoms with Crippen molar-refractivity contribution in [1.29, 1.82) is 0 Å². The lowest BCUT2D eigenvalue weighted by Gasteiger charge is -1.80. The van der Waals surface area contributed by atoms with E-state index in [0.29, 0.717) is 0 Å². The lowest BCUT2D eigenvalue weighted by molar-refractivity contribution is 1.65. The fourth-order valence-corrected chi connectivity index (χ4v) is 0.830. The highest BCUT2D eigenvalue weighted by Gasteiger charge is 1.74. The predicted octanol–water partition coefficient (Wildman–Crippen LogP) is 2.29. The smallest absolute Gasteiger partial charge is 0.0130 e. The van der Waals surface area contributed by atoms with Crippen LogP contribution < -0.4 is 0 Å². The van der Waals surface area contributed by atoms with Gasteiger partial charge in [-0.05, 0) is 34.7 Å². The molecule has 1 aromatic rings. The van der Waals surface area contributed by atoms with Gasteiger partial charge in [0, 0.05) is 3.57 Å². The average molecular weight is 210 g/mol. The summed E-state index contributed by atoms with van der Waals surface area (Å²) >= 11 is 2.28. The highest BCUT2D eigenvalue weighted by atomic mass is 127. The van der Waals surface area contributed by atoms with Gasteiger partial charge in [-0.15, -0.1) is 0 Å². The van der Waals surface area contributed by atoms with Crippen molar-refractivity contribution in [3.8, 4) is 0 Å². The molecule has 0 heterocycles. The van der Waals surface area contributed by atoms with Gasteiger partial charge in [-0.2, -0.15) is 0 Å². The van der Waals surface area contributed by atoms with Gasteiger partial charge in [0.2, 0.25) is 0 Å². The molecular formula is C6H5I. The summed E-state index contributed by atoms with van der Waals surface area (Å²) in [6, 6.07) is 10.2. The summed E-state index contributed by atoms with van der Waals surface area (Å²) in [6.45, 7) is 0. The molecule has 0 aliphatic heterocycles. The third kappa shape index (κ3) is 1.47. The molecule has 0 nitrogen and oxygen atoms in total. The molecule has 1 rings (SSSR count). The Kier molecular flexibility index (Phi) is 1.68. The molecule has 0 amide bonds. The Morgan fingerprint density at radius 2 is 1.57 bits per heavy atom. The highest BCUT2D eigenvalue weighted by Crippen LogP contribution is 1.99. The van der Waals surface area contributed by atoms with Crippen LogP contribution in [0.3, 0.4) is 0 Å². The normalized spacial score (nSPS) is 8.71. The Balaban J connectivity index is 3.02. The summed E-state index contributed by atoms with van der Waals surface area (Å²) in [5, 5.41) is 0. The van der Waals surface area contributed by atoms with Gasteiger partial charge in [-0.1, -0.05) is 18.2 Å². The molecule has 0 aliphatic rings. The fraction of sp³-hybridized carbons (Fsp3) is 0. The topological polar surface area (TPSA) is 0 Å². The lowest BCUT2D eigenvalue weighted by atomic mass is 11.4. The lowest BCUT2D eigenvalue weighted by Crippen LogP contribution is -1.61. The van der Waals surface area contributed by atoms with Crippen molar-refractivity contribution in [2.24, 2.45) is 0 Å². The second kappa shape index (κ2) is 2.31. The van der Waals surface area contributed by atoms with E-state index in [1.54, 1.807) is 0 Å². The first-order valence-electron chi connectivity index (χ1n) is 2.10. The molecule has 0 spiro atoms. The molecule has 0 radical (unpaired) electrons. The van der Waals surface area contributed by atoms with E-state index in [1.807, 2.05) is 18.2 Å². The quantitative estimate of drug-likeness (QED) is 0.576. The van der Waals surface area contributed by atoms with Gasteiger partial charge in [0.1, 0.15) is 0 Å². The van der Waals surface area contributed by atoms with E-state index in [9.17, 15) is 0 Å². The molecule has 0 saturated heterocycles. The van der Waals surface area contributed by atoms with Crippen LogP contribution in [0.25, 0.3) is 0 Å². The molecular weight excluding hydrogens is 205 g/mol. The molecule has 7 heavy (non-hydrogen) atoms. The molecule has 1 heteroatoms. The van der Waals surface area contributed by atoms with Gasteiger partial charge in [-0.25, -0.2) is 0 Å². The molecule has 0 unspecified atom stereocenters. The SMILES string of the molecule is I[13c]1[13cH][13cH][13cH][13cH][13cH]1. The maximum atomic E-state index is 2.28. The van der Waals surface area contributed by atoms with Crippen LogP contribution in [0, 0.1) is 3.57 Å². The van der Waals surface area contributed by atoms with Crippen molar-refractivity contribution in [2.75, 3.05) is 0 Å². The Morgan fingerprint density at radius 3 is 1.86 bits per heavy atom. The Labute approximate surface area is 56.7 Å². The molecule has 0 aliphatic carbocycles. The third-order valence-electron chi connectivity index (χ3n) is 0.733. The standard InChI is InChI=1S/C6H5I/c7-6-4-2-1-3-5-6/h1-5H/i1+1,2+1,3+1,4+1,5+1,6+1. The molecule has 0 saturated carbocycles. The molecule has 0 N–H and O–H groups in total. The van der Waals surface area contributed by atoms with E-state index in [4.69, 9.17) is 0 Å². The van der Waals surface area contributed by atoms with Crippen molar-refractivity contribution in [3.05, 3.63) is 33.9 Å². The van der Waals surface area contributed by atoms with Gasteiger partial charge in [0.15, 0.2) is 0 Å². The number of hydrogen-bond acceptors (Lipinski definition) is 0. The Bertz CT molecular complexity index is 134. The van der Waals surface area contributed by atoms with E-state index >= 15 is 0 Å². The zero-order valence-electron chi connectivity index (χ0n) is 3.76. The minimum atomic E-state index is 1.29. The van der Waals surface area contributed by atoms with Crippen LogP contribution in [0.1, 0.15) is 0 Å². The summed E-state index contributed by atoms with van der Waals surface area (Å²) in [7, 11) is 0. The molecule has 1 aromatic carbocycles. The summed E-state index contributed by atoms with van der Waals surface area (Å²) in [5.74, 6) is 0. The van der Waals surface area contributed by atoms with Gasteiger partial charge >= 0.3 is 0 Å². The van der Waals surface area contributed by atoms with Crippen LogP contribution in [0.2, 0.25) is 0 Å². The number of rotatable bonds is 0. The Morgan fingerprint density at radius 1 is 1.00 bits per heavy atom. The number of benzene rings is 1. The van der Waals surface area contributed by atoms with Crippen LogP contribution in [-0.2, 0) is 0 Å². The van der Waals surface area contributed by atoms with Crippen LogP contribution in [0.5, 0.6) is 0 Å². The summed E-state index contributed by atoms with van der Waals surface area (Å²) < 4.78 is 1.29. The molecule has 0 aromatic heterocycles. The monoisotopic (exact) mass is 210 g/mol. The zero-order valence-corrected chi connectivity index (χ0v) is 5.92. The van der Waals surface area contributed by atoms with Crippen molar-refractivity contribution < 1.29 is 0 Å². The fourth-order valence-electron chi connectivity index (χ4n) is 0.415. The summed E-state index contributed by atoms with van der Waals surface area (Å²) in [5.41, 5.74) is 0. The van der Waals surface area contributed by atoms with E-state index in [2.05, 4.69) is 34.7 Å². The second-order valence-corrected chi connectivity index (χ2v) is 2.54. The third-order valence-corrected chi connectivity index (χ3v) is 1.45. The van der Waals surface area contributed by atoms with E-state index in [0.717, 1.165) is 0 Å². The molecule has 0 atom stereocenters. The molecule has 0 bridgehead atoms. The average Bonchev–Trinajstić information content (AvgIpc) is 1.69. The van der Waals surface area contributed by atoms with Gasteiger partial charge in [0.25, 0.3) is 0 Å². The summed E-state index contributed by atoms with van der Waals surface area (Å²) in [6.07, 6.45) is 0. The first kappa shape index (κ1) is 5.09. The largest absolute Gasteiger partial charge is 0.0622 e. The maximum absolute atomic E-state index is 2.28. The van der Waals surface area contributed by atoms with Crippen LogP contribution in [-0.4, -0.2) is 0 Å². The van der Waals surface area contributed by atoms with Crippen molar-refractivity contribution in [3.63, 3.8) is 0 Å². The minimum Gasteiger partial charge on any atom is -0.0622 e. The van der Waals surface area contributed by atoms with Gasteiger partial charge < -0.3 is 0 Å². The van der Waals surface area contributed by atoms with Crippen molar-refractivity contribution >= 4 is 22.6 Å². The van der Waals surface area contributed by atoms with Crippen LogP contribution in [0.4, 0.5) is 0 Å². The Hall–Kier alpha value is -0.0500. The summed E-state index contributed by atoms with van der Waals surface area (Å²) in [4.78, 5) is 0. The van der Waals surface area contributed by atoms with Gasteiger partial charge in [0.05, 0.1) is 0 Å². The van der Waals surface area contributed by atoms with Crippen molar-refractivity contribution in [1.82, 2.24) is 0 Å². The van der Waals surface area contributed by atoms with E-state index in [-0.39, 0.29) is 0 Å². The molecule has 36 valence electrons. The predicted molar refractivity (Wildman–Crippen MR) is 39.2 cm³/mol. The minimum absolute atomic E-state index is 1.29. The number of halogens is 1. The first-order valence-corrected chi connectivity index (χ1v) is 3.18. The maximum Gasteiger partial charge on any atom is 0.0130 e. The van der Waals surface area contributed by atoms with E-state index in [1.165, 1.54) is 3.57 Å². The van der Waals surface area contributed by atoms with E-state index < -0.39 is 0 Å². The zero-order chi connectivity index (χ0) is 5.11. The first-order chi connectivity index (χ1) is 3.39. The van der Waals surface area contributed by atoms with Crippen LogP contribution >= 0.6 is 22.6 Å². The van der Waals surface area contributed by atoms with Crippen LogP contribution in [0.15, 0.2) is 30.3 Å². The second-order valence-electron chi connectivity index (χ2n) is 1.30.